The Morgan fingerprint density at radius 1 is 1.20 bits per heavy atom. The van der Waals surface area contributed by atoms with Crippen molar-refractivity contribution in [1.82, 2.24) is 0 Å². The van der Waals surface area contributed by atoms with Crippen LogP contribution >= 0.6 is 22.6 Å². The van der Waals surface area contributed by atoms with E-state index in [2.05, 4.69) is 0 Å². The number of hydrogen-bond acceptors (Lipinski definition) is 4. The molecule has 0 aliphatic heterocycles. The predicted molar refractivity (Wildman–Crippen MR) is 79.5 cm³/mol. The van der Waals surface area contributed by atoms with Crippen LogP contribution in [0.3, 0.4) is 0 Å². The van der Waals surface area contributed by atoms with Gasteiger partial charge in [-0.25, -0.2) is 4.39 Å². The molecule has 0 bridgehead atoms. The summed E-state index contributed by atoms with van der Waals surface area (Å²) in [5, 5.41) is 17.8. The fourth-order valence-corrected chi connectivity index (χ4v) is 2.35. The summed E-state index contributed by atoms with van der Waals surface area (Å²) in [6, 6.07) is 10.9. The van der Waals surface area contributed by atoms with Gasteiger partial charge in [0.05, 0.1) is 20.9 Å². The van der Waals surface area contributed by atoms with E-state index in [1.165, 1.54) is 24.3 Å². The van der Waals surface area contributed by atoms with Crippen molar-refractivity contribution in [3.63, 3.8) is 0 Å². The topological polar surface area (TPSA) is 82.8 Å². The third-order valence-corrected chi connectivity index (χ3v) is 3.30. The van der Waals surface area contributed by atoms with Gasteiger partial charge in [0.2, 0.25) is 0 Å². The molecule has 0 fully saturated rings. The number of anilines is 1. The lowest BCUT2D eigenvalue weighted by molar-refractivity contribution is 0.473. The van der Waals surface area contributed by atoms with Gasteiger partial charge < -0.3 is 10.5 Å². The largest absolute Gasteiger partial charge is 0.453 e. The third kappa shape index (κ3) is 2.65. The van der Waals surface area contributed by atoms with Crippen molar-refractivity contribution in [2.45, 2.75) is 0 Å². The number of nitrogens with two attached hydrogens (primary N) is 1. The molecule has 0 aliphatic carbocycles. The van der Waals surface area contributed by atoms with Crippen LogP contribution in [0.5, 0.6) is 11.5 Å². The Labute approximate surface area is 128 Å². The van der Waals surface area contributed by atoms with Gasteiger partial charge in [0.15, 0.2) is 5.75 Å². The van der Waals surface area contributed by atoms with Gasteiger partial charge >= 0.3 is 0 Å². The first-order chi connectivity index (χ1) is 9.56. The number of rotatable bonds is 2. The first-order valence-corrected chi connectivity index (χ1v) is 6.50. The number of halogens is 2. The van der Waals surface area contributed by atoms with Crippen LogP contribution in [0.15, 0.2) is 30.3 Å². The van der Waals surface area contributed by atoms with Crippen molar-refractivity contribution >= 4 is 28.3 Å². The van der Waals surface area contributed by atoms with Crippen molar-refractivity contribution in [2.24, 2.45) is 0 Å². The fourth-order valence-electron chi connectivity index (χ4n) is 1.59. The maximum Gasteiger partial charge on any atom is 0.163 e. The van der Waals surface area contributed by atoms with Crippen LogP contribution < -0.4 is 10.5 Å². The van der Waals surface area contributed by atoms with Crippen LogP contribution in [0.4, 0.5) is 10.1 Å². The lowest BCUT2D eigenvalue weighted by atomic mass is 10.2. The Morgan fingerprint density at radius 3 is 2.55 bits per heavy atom. The monoisotopic (exact) mass is 379 g/mol. The molecule has 0 amide bonds. The highest BCUT2D eigenvalue weighted by molar-refractivity contribution is 14.1. The average molecular weight is 379 g/mol. The van der Waals surface area contributed by atoms with Gasteiger partial charge in [0, 0.05) is 0 Å². The van der Waals surface area contributed by atoms with Crippen LogP contribution in [0.25, 0.3) is 0 Å². The number of nitriles is 2. The lowest BCUT2D eigenvalue weighted by Gasteiger charge is -2.12. The van der Waals surface area contributed by atoms with E-state index in [0.29, 0.717) is 14.9 Å². The maximum absolute atomic E-state index is 13.5. The van der Waals surface area contributed by atoms with Crippen LogP contribution in [-0.4, -0.2) is 0 Å². The quantitative estimate of drug-likeness (QED) is 0.639. The molecule has 0 heterocycles. The highest BCUT2D eigenvalue weighted by Crippen LogP contribution is 2.35. The minimum absolute atomic E-state index is 0.0850. The van der Waals surface area contributed by atoms with Crippen molar-refractivity contribution in [2.75, 3.05) is 5.73 Å². The number of hydrogen-bond donors (Lipinski definition) is 1. The molecule has 0 atom stereocenters. The molecule has 0 spiro atoms. The minimum atomic E-state index is -0.660. The summed E-state index contributed by atoms with van der Waals surface area (Å²) < 4.78 is 19.6. The Kier molecular flexibility index (Phi) is 4.06. The summed E-state index contributed by atoms with van der Waals surface area (Å²) in [5.41, 5.74) is 6.28. The molecule has 0 aromatic heterocycles. The molecule has 0 saturated carbocycles. The molecule has 2 N–H and O–H groups in total. The molecule has 0 unspecified atom stereocenters. The molecule has 0 aliphatic rings. The minimum Gasteiger partial charge on any atom is -0.453 e. The summed E-state index contributed by atoms with van der Waals surface area (Å²) in [6.45, 7) is 0. The Bertz CT molecular complexity index is 739. The summed E-state index contributed by atoms with van der Waals surface area (Å²) >= 11 is 1.96. The molecule has 20 heavy (non-hydrogen) atoms. The van der Waals surface area contributed by atoms with E-state index >= 15 is 0 Å². The number of benzene rings is 2. The van der Waals surface area contributed by atoms with E-state index < -0.39 is 5.82 Å². The van der Waals surface area contributed by atoms with Crippen molar-refractivity contribution in [3.8, 4) is 23.6 Å². The second-order valence-electron chi connectivity index (χ2n) is 3.82. The molecule has 4 nitrogen and oxygen atoms in total. The molecular formula is C14H7FIN3O. The highest BCUT2D eigenvalue weighted by Gasteiger charge is 2.14. The van der Waals surface area contributed by atoms with Crippen molar-refractivity contribution < 1.29 is 9.13 Å². The number of nitrogen functional groups attached to an aromatic ring is 1. The summed E-state index contributed by atoms with van der Waals surface area (Å²) in [6.07, 6.45) is 0. The highest BCUT2D eigenvalue weighted by atomic mass is 127. The molecule has 0 saturated heterocycles. The first-order valence-electron chi connectivity index (χ1n) is 5.42. The van der Waals surface area contributed by atoms with Crippen LogP contribution in [-0.2, 0) is 0 Å². The number of ether oxygens (including phenoxy) is 1. The molecule has 98 valence electrons. The van der Waals surface area contributed by atoms with Crippen molar-refractivity contribution in [1.29, 1.82) is 10.5 Å². The average Bonchev–Trinajstić information content (AvgIpc) is 2.42. The Balaban J connectivity index is 2.50. The smallest absolute Gasteiger partial charge is 0.163 e. The second kappa shape index (κ2) is 5.76. The zero-order valence-corrected chi connectivity index (χ0v) is 12.2. The Morgan fingerprint density at radius 2 is 1.95 bits per heavy atom. The fraction of sp³-hybridized carbons (Fsp3) is 0. The van der Waals surface area contributed by atoms with Gasteiger partial charge in [0.1, 0.15) is 23.2 Å². The third-order valence-electron chi connectivity index (χ3n) is 2.50. The molecule has 2 rings (SSSR count). The van der Waals surface area contributed by atoms with Crippen molar-refractivity contribution in [3.05, 3.63) is 50.8 Å². The Hall–Kier alpha value is -2.32. The molecule has 2 aromatic carbocycles. The van der Waals surface area contributed by atoms with Gasteiger partial charge in [0.25, 0.3) is 0 Å². The van der Waals surface area contributed by atoms with E-state index in [9.17, 15) is 4.39 Å². The zero-order chi connectivity index (χ0) is 14.7. The standard InChI is InChI=1S/C14H7FIN3O/c15-10-2-1-3-13(9(10)7-18)20-14-11(16)4-8(6-17)5-12(14)19/h1-5H,19H2. The number of nitrogens with zero attached hydrogens (tertiary/aromatic N) is 2. The van der Waals surface area contributed by atoms with E-state index in [0.717, 1.165) is 0 Å². The normalized spacial score (nSPS) is 9.60. The molecule has 2 aromatic rings. The zero-order valence-electron chi connectivity index (χ0n) is 10.0. The second-order valence-corrected chi connectivity index (χ2v) is 4.98. The maximum atomic E-state index is 13.5. The predicted octanol–water partition coefficient (Wildman–Crippen LogP) is 3.55. The molecule has 6 heteroatoms. The van der Waals surface area contributed by atoms with E-state index in [4.69, 9.17) is 21.0 Å². The first kappa shape index (κ1) is 14.1. The van der Waals surface area contributed by atoms with Gasteiger partial charge in [-0.3, -0.25) is 0 Å². The SMILES string of the molecule is N#Cc1cc(N)c(Oc2cccc(F)c2C#N)c(I)c1. The van der Waals surface area contributed by atoms with Crippen LogP contribution in [0, 0.1) is 32.0 Å². The summed E-state index contributed by atoms with van der Waals surface area (Å²) in [7, 11) is 0. The summed E-state index contributed by atoms with van der Waals surface area (Å²) in [5.74, 6) is -0.277. The van der Waals surface area contributed by atoms with Crippen LogP contribution in [0.1, 0.15) is 11.1 Å². The lowest BCUT2D eigenvalue weighted by Crippen LogP contribution is -1.98. The van der Waals surface area contributed by atoms with E-state index in [1.54, 1.807) is 12.1 Å². The van der Waals surface area contributed by atoms with Gasteiger partial charge in [-0.05, 0) is 46.9 Å². The molecular weight excluding hydrogens is 372 g/mol. The van der Waals surface area contributed by atoms with Gasteiger partial charge in [-0.1, -0.05) is 6.07 Å². The van der Waals surface area contributed by atoms with E-state index in [-0.39, 0.29) is 17.0 Å². The van der Waals surface area contributed by atoms with Gasteiger partial charge in [-0.2, -0.15) is 10.5 Å². The summed E-state index contributed by atoms with van der Waals surface area (Å²) in [4.78, 5) is 0. The molecule has 0 radical (unpaired) electrons. The van der Waals surface area contributed by atoms with Gasteiger partial charge in [-0.15, -0.1) is 0 Å². The van der Waals surface area contributed by atoms with E-state index in [1.807, 2.05) is 28.7 Å². The van der Waals surface area contributed by atoms with Crippen LogP contribution in [0.2, 0.25) is 0 Å².